The van der Waals surface area contributed by atoms with Gasteiger partial charge in [-0.05, 0) is 49.4 Å². The molecule has 0 radical (unpaired) electrons. The van der Waals surface area contributed by atoms with E-state index in [0.29, 0.717) is 31.0 Å². The summed E-state index contributed by atoms with van der Waals surface area (Å²) >= 11 is 0. The van der Waals surface area contributed by atoms with E-state index in [-0.39, 0.29) is 11.8 Å². The lowest BCUT2D eigenvalue weighted by atomic mass is 9.96. The van der Waals surface area contributed by atoms with Crippen LogP contribution in [0, 0.1) is 6.92 Å². The number of hydrogen-bond donors (Lipinski definition) is 0. The van der Waals surface area contributed by atoms with Gasteiger partial charge in [-0.15, -0.1) is 0 Å². The molecule has 1 aliphatic carbocycles. The second-order valence-electron chi connectivity index (χ2n) is 5.91. The minimum Gasteiger partial charge on any atom is -0.461 e. The summed E-state index contributed by atoms with van der Waals surface area (Å²) in [4.78, 5) is 24.7. The fraction of sp³-hybridized carbons (Fsp3) is 0.368. The Morgan fingerprint density at radius 3 is 2.78 bits per heavy atom. The van der Waals surface area contributed by atoms with Crippen molar-refractivity contribution in [2.45, 2.75) is 39.7 Å². The highest BCUT2D eigenvalue weighted by Gasteiger charge is 2.27. The van der Waals surface area contributed by atoms with Crippen molar-refractivity contribution >= 4 is 11.8 Å². The van der Waals surface area contributed by atoms with Crippen LogP contribution in [0.15, 0.2) is 30.3 Å². The molecule has 0 amide bonds. The average Bonchev–Trinajstić information content (AvgIpc) is 2.90. The number of esters is 1. The summed E-state index contributed by atoms with van der Waals surface area (Å²) in [7, 11) is 0. The van der Waals surface area contributed by atoms with Crippen molar-refractivity contribution in [3.05, 3.63) is 58.4 Å². The quantitative estimate of drug-likeness (QED) is 0.811. The maximum atomic E-state index is 12.4. The molecule has 4 heteroatoms. The van der Waals surface area contributed by atoms with Gasteiger partial charge in [0.05, 0.1) is 12.3 Å². The first-order valence-corrected chi connectivity index (χ1v) is 8.09. The standard InChI is InChI=1S/C19H21NO3/c1-3-23-19(22)16-11-14-9-6-10-17(21)18(14)20(16)12-15-8-5-4-7-13(15)2/h4-5,7-8,11H,3,6,9-10,12H2,1-2H3. The number of benzene rings is 1. The molecule has 2 aromatic rings. The number of aryl methyl sites for hydroxylation is 2. The summed E-state index contributed by atoms with van der Waals surface area (Å²) in [5, 5.41) is 0. The lowest BCUT2D eigenvalue weighted by Crippen LogP contribution is -2.19. The van der Waals surface area contributed by atoms with Crippen LogP contribution in [-0.2, 0) is 17.7 Å². The SMILES string of the molecule is CCOC(=O)c1cc2c(n1Cc1ccccc1C)C(=O)CCC2. The average molecular weight is 311 g/mol. The molecular weight excluding hydrogens is 290 g/mol. The summed E-state index contributed by atoms with van der Waals surface area (Å²) in [6, 6.07) is 9.87. The molecule has 120 valence electrons. The van der Waals surface area contributed by atoms with Crippen molar-refractivity contribution in [1.29, 1.82) is 0 Å². The van der Waals surface area contributed by atoms with Crippen molar-refractivity contribution in [3.63, 3.8) is 0 Å². The van der Waals surface area contributed by atoms with Crippen molar-refractivity contribution in [1.82, 2.24) is 4.57 Å². The molecule has 0 spiro atoms. The first-order valence-electron chi connectivity index (χ1n) is 8.09. The van der Waals surface area contributed by atoms with Crippen molar-refractivity contribution < 1.29 is 14.3 Å². The molecule has 0 aliphatic heterocycles. The molecule has 4 nitrogen and oxygen atoms in total. The molecule has 0 bridgehead atoms. The monoisotopic (exact) mass is 311 g/mol. The zero-order chi connectivity index (χ0) is 16.4. The molecule has 3 rings (SSSR count). The van der Waals surface area contributed by atoms with Gasteiger partial charge in [-0.2, -0.15) is 0 Å². The smallest absolute Gasteiger partial charge is 0.354 e. The Labute approximate surface area is 136 Å². The molecule has 1 aromatic carbocycles. The molecule has 0 fully saturated rings. The van der Waals surface area contributed by atoms with Gasteiger partial charge in [0.1, 0.15) is 5.69 Å². The third kappa shape index (κ3) is 2.93. The van der Waals surface area contributed by atoms with E-state index in [0.717, 1.165) is 29.5 Å². The molecule has 1 heterocycles. The summed E-state index contributed by atoms with van der Waals surface area (Å²) < 4.78 is 7.02. The Morgan fingerprint density at radius 2 is 2.04 bits per heavy atom. The summed E-state index contributed by atoms with van der Waals surface area (Å²) in [5.74, 6) is -0.237. The van der Waals surface area contributed by atoms with Crippen LogP contribution in [0.4, 0.5) is 0 Å². The van der Waals surface area contributed by atoms with Gasteiger partial charge in [-0.3, -0.25) is 4.79 Å². The predicted octanol–water partition coefficient (Wildman–Crippen LogP) is 3.54. The maximum absolute atomic E-state index is 12.4. The molecule has 0 unspecified atom stereocenters. The van der Waals surface area contributed by atoms with E-state index >= 15 is 0 Å². The number of ether oxygens (including phenoxy) is 1. The van der Waals surface area contributed by atoms with Gasteiger partial charge in [-0.1, -0.05) is 24.3 Å². The Balaban J connectivity index is 2.09. The van der Waals surface area contributed by atoms with Crippen molar-refractivity contribution in [2.75, 3.05) is 6.61 Å². The number of rotatable bonds is 4. The summed E-state index contributed by atoms with van der Waals surface area (Å²) in [6.07, 6.45) is 2.24. The molecule has 0 saturated carbocycles. The molecule has 23 heavy (non-hydrogen) atoms. The van der Waals surface area contributed by atoms with Gasteiger partial charge >= 0.3 is 5.97 Å². The normalized spacial score (nSPS) is 13.7. The van der Waals surface area contributed by atoms with E-state index in [1.807, 2.05) is 41.8 Å². The van der Waals surface area contributed by atoms with Crippen LogP contribution in [0.5, 0.6) is 0 Å². The van der Waals surface area contributed by atoms with Gasteiger partial charge in [-0.25, -0.2) is 4.79 Å². The third-order valence-corrected chi connectivity index (χ3v) is 4.36. The number of aromatic nitrogens is 1. The number of fused-ring (bicyclic) bond motifs is 1. The molecule has 1 aromatic heterocycles. The van der Waals surface area contributed by atoms with Gasteiger partial charge in [0.2, 0.25) is 0 Å². The van der Waals surface area contributed by atoms with Gasteiger partial charge < -0.3 is 9.30 Å². The second kappa shape index (κ2) is 6.41. The predicted molar refractivity (Wildman–Crippen MR) is 87.9 cm³/mol. The minimum absolute atomic E-state index is 0.121. The molecule has 0 N–H and O–H groups in total. The van der Waals surface area contributed by atoms with Crippen LogP contribution >= 0.6 is 0 Å². The summed E-state index contributed by atoms with van der Waals surface area (Å²) in [6.45, 7) is 4.67. The van der Waals surface area contributed by atoms with Crippen LogP contribution < -0.4 is 0 Å². The second-order valence-corrected chi connectivity index (χ2v) is 5.91. The Morgan fingerprint density at radius 1 is 1.26 bits per heavy atom. The van der Waals surface area contributed by atoms with E-state index < -0.39 is 0 Å². The zero-order valence-corrected chi connectivity index (χ0v) is 13.6. The zero-order valence-electron chi connectivity index (χ0n) is 13.6. The first kappa shape index (κ1) is 15.5. The summed E-state index contributed by atoms with van der Waals surface area (Å²) in [5.41, 5.74) is 4.39. The van der Waals surface area contributed by atoms with E-state index in [4.69, 9.17) is 4.74 Å². The topological polar surface area (TPSA) is 48.3 Å². The first-order chi connectivity index (χ1) is 11.1. The van der Waals surface area contributed by atoms with E-state index in [2.05, 4.69) is 0 Å². The van der Waals surface area contributed by atoms with Crippen LogP contribution in [-0.4, -0.2) is 22.9 Å². The largest absolute Gasteiger partial charge is 0.461 e. The molecule has 0 atom stereocenters. The maximum Gasteiger partial charge on any atom is 0.354 e. The van der Waals surface area contributed by atoms with Gasteiger partial charge in [0.25, 0.3) is 0 Å². The van der Waals surface area contributed by atoms with Crippen LogP contribution in [0.2, 0.25) is 0 Å². The van der Waals surface area contributed by atoms with E-state index in [9.17, 15) is 9.59 Å². The van der Waals surface area contributed by atoms with Gasteiger partial charge in [0.15, 0.2) is 5.78 Å². The molecular formula is C19H21NO3. The van der Waals surface area contributed by atoms with Crippen molar-refractivity contribution in [2.24, 2.45) is 0 Å². The lowest BCUT2D eigenvalue weighted by molar-refractivity contribution is 0.0514. The van der Waals surface area contributed by atoms with Crippen LogP contribution in [0.25, 0.3) is 0 Å². The fourth-order valence-corrected chi connectivity index (χ4v) is 3.18. The van der Waals surface area contributed by atoms with E-state index in [1.165, 1.54) is 0 Å². The van der Waals surface area contributed by atoms with Crippen LogP contribution in [0.3, 0.4) is 0 Å². The highest BCUT2D eigenvalue weighted by Crippen LogP contribution is 2.27. The minimum atomic E-state index is -0.358. The molecule has 1 aliphatic rings. The lowest BCUT2D eigenvalue weighted by Gasteiger charge is -2.17. The Kier molecular flexibility index (Phi) is 4.33. The number of carbonyl (C=O) groups is 2. The Bertz CT molecular complexity index is 758. The van der Waals surface area contributed by atoms with Crippen LogP contribution in [0.1, 0.15) is 57.4 Å². The van der Waals surface area contributed by atoms with Gasteiger partial charge in [0, 0.05) is 13.0 Å². The number of ketones is 1. The number of Topliss-reactive ketones (excluding diaryl/α,β-unsaturated/α-hetero) is 1. The van der Waals surface area contributed by atoms with E-state index in [1.54, 1.807) is 6.92 Å². The highest BCUT2D eigenvalue weighted by molar-refractivity contribution is 6.00. The third-order valence-electron chi connectivity index (χ3n) is 4.36. The Hall–Kier alpha value is -2.36. The van der Waals surface area contributed by atoms with Crippen molar-refractivity contribution in [3.8, 4) is 0 Å². The fourth-order valence-electron chi connectivity index (χ4n) is 3.18. The molecule has 0 saturated heterocycles. The number of nitrogens with zero attached hydrogens (tertiary/aromatic N) is 1. The number of hydrogen-bond acceptors (Lipinski definition) is 3. The number of carbonyl (C=O) groups excluding carboxylic acids is 2. The highest BCUT2D eigenvalue weighted by atomic mass is 16.5.